The van der Waals surface area contributed by atoms with Crippen LogP contribution in [0.25, 0.3) is 22.4 Å². The normalized spacial score (nSPS) is 15.0. The molecule has 0 bridgehead atoms. The van der Waals surface area contributed by atoms with Crippen molar-refractivity contribution in [3.8, 4) is 11.4 Å². The topological polar surface area (TPSA) is 30.7 Å². The third kappa shape index (κ3) is 1.71. The standard InChI is InChI=1S/C15H12FN3/c16-11-3-6-14-13(8-11)18-15(19(14)12-4-5-12)10-2-1-7-17-9-10/h1-3,6-9,12H,4-5H2. The van der Waals surface area contributed by atoms with Gasteiger partial charge in [0.25, 0.3) is 0 Å². The van der Waals surface area contributed by atoms with Gasteiger partial charge in [0.05, 0.1) is 11.0 Å². The number of benzene rings is 1. The van der Waals surface area contributed by atoms with Crippen molar-refractivity contribution in [1.29, 1.82) is 0 Å². The summed E-state index contributed by atoms with van der Waals surface area (Å²) in [6, 6.07) is 9.18. The molecule has 1 saturated carbocycles. The van der Waals surface area contributed by atoms with Crippen LogP contribution < -0.4 is 0 Å². The monoisotopic (exact) mass is 253 g/mol. The molecule has 2 aromatic heterocycles. The van der Waals surface area contributed by atoms with Crippen LogP contribution in [0.3, 0.4) is 0 Å². The molecule has 1 aliphatic carbocycles. The highest BCUT2D eigenvalue weighted by atomic mass is 19.1. The molecule has 0 amide bonds. The van der Waals surface area contributed by atoms with Crippen LogP contribution in [0.15, 0.2) is 42.7 Å². The molecule has 0 unspecified atom stereocenters. The molecule has 0 spiro atoms. The number of nitrogens with zero attached hydrogens (tertiary/aromatic N) is 3. The van der Waals surface area contributed by atoms with Gasteiger partial charge >= 0.3 is 0 Å². The number of aromatic nitrogens is 3. The van der Waals surface area contributed by atoms with Gasteiger partial charge in [-0.05, 0) is 37.1 Å². The fraction of sp³-hybridized carbons (Fsp3) is 0.200. The lowest BCUT2D eigenvalue weighted by Gasteiger charge is -2.06. The Morgan fingerprint density at radius 1 is 1.21 bits per heavy atom. The van der Waals surface area contributed by atoms with E-state index in [-0.39, 0.29) is 5.82 Å². The van der Waals surface area contributed by atoms with Crippen LogP contribution in [0.2, 0.25) is 0 Å². The van der Waals surface area contributed by atoms with E-state index >= 15 is 0 Å². The predicted molar refractivity (Wildman–Crippen MR) is 71.2 cm³/mol. The summed E-state index contributed by atoms with van der Waals surface area (Å²) in [6.45, 7) is 0. The second-order valence-electron chi connectivity index (χ2n) is 4.91. The molecule has 2 heterocycles. The number of pyridine rings is 1. The predicted octanol–water partition coefficient (Wildman–Crippen LogP) is 3.57. The van der Waals surface area contributed by atoms with Crippen molar-refractivity contribution in [2.24, 2.45) is 0 Å². The Hall–Kier alpha value is -2.23. The molecule has 0 radical (unpaired) electrons. The minimum Gasteiger partial charge on any atom is -0.321 e. The lowest BCUT2D eigenvalue weighted by Crippen LogP contribution is -1.97. The first kappa shape index (κ1) is 10.7. The van der Waals surface area contributed by atoms with Crippen molar-refractivity contribution in [2.75, 3.05) is 0 Å². The summed E-state index contributed by atoms with van der Waals surface area (Å²) in [5, 5.41) is 0. The molecule has 4 rings (SSSR count). The van der Waals surface area contributed by atoms with E-state index < -0.39 is 0 Å². The number of fused-ring (bicyclic) bond motifs is 1. The van der Waals surface area contributed by atoms with Gasteiger partial charge in [0.15, 0.2) is 0 Å². The van der Waals surface area contributed by atoms with Crippen LogP contribution in [0.4, 0.5) is 4.39 Å². The van der Waals surface area contributed by atoms with E-state index in [9.17, 15) is 4.39 Å². The average Bonchev–Trinajstić information content (AvgIpc) is 3.20. The Labute approximate surface area is 109 Å². The number of halogens is 1. The van der Waals surface area contributed by atoms with Crippen LogP contribution in [-0.2, 0) is 0 Å². The Morgan fingerprint density at radius 2 is 2.11 bits per heavy atom. The number of hydrogen-bond acceptors (Lipinski definition) is 2. The second kappa shape index (κ2) is 3.88. The van der Waals surface area contributed by atoms with Crippen LogP contribution in [0, 0.1) is 5.82 Å². The van der Waals surface area contributed by atoms with E-state index in [1.807, 2.05) is 18.2 Å². The van der Waals surface area contributed by atoms with Crippen LogP contribution in [0.1, 0.15) is 18.9 Å². The highest BCUT2D eigenvalue weighted by molar-refractivity contribution is 5.81. The molecule has 3 aromatic rings. The molecule has 1 aliphatic rings. The molecule has 4 heteroatoms. The van der Waals surface area contributed by atoms with Crippen molar-refractivity contribution in [1.82, 2.24) is 14.5 Å². The van der Waals surface area contributed by atoms with E-state index in [4.69, 9.17) is 0 Å². The zero-order valence-electron chi connectivity index (χ0n) is 10.3. The quantitative estimate of drug-likeness (QED) is 0.699. The molecule has 19 heavy (non-hydrogen) atoms. The lowest BCUT2D eigenvalue weighted by atomic mass is 10.2. The van der Waals surface area contributed by atoms with Gasteiger partial charge in [0.1, 0.15) is 11.6 Å². The first-order valence-corrected chi connectivity index (χ1v) is 6.41. The molecule has 94 valence electrons. The van der Waals surface area contributed by atoms with Gasteiger partial charge in [0.2, 0.25) is 0 Å². The van der Waals surface area contributed by atoms with Gasteiger partial charge in [-0.1, -0.05) is 0 Å². The maximum Gasteiger partial charge on any atom is 0.142 e. The Kier molecular flexibility index (Phi) is 2.18. The smallest absolute Gasteiger partial charge is 0.142 e. The molecular weight excluding hydrogens is 241 g/mol. The minimum atomic E-state index is -0.245. The van der Waals surface area contributed by atoms with Crippen LogP contribution >= 0.6 is 0 Å². The summed E-state index contributed by atoms with van der Waals surface area (Å²) >= 11 is 0. The van der Waals surface area contributed by atoms with E-state index in [2.05, 4.69) is 14.5 Å². The molecule has 1 aromatic carbocycles. The van der Waals surface area contributed by atoms with Gasteiger partial charge in [-0.2, -0.15) is 0 Å². The summed E-state index contributed by atoms with van der Waals surface area (Å²) in [4.78, 5) is 8.73. The van der Waals surface area contributed by atoms with E-state index in [1.165, 1.54) is 12.1 Å². The molecule has 1 fully saturated rings. The van der Waals surface area contributed by atoms with E-state index in [0.717, 1.165) is 29.7 Å². The van der Waals surface area contributed by atoms with Crippen molar-refractivity contribution < 1.29 is 4.39 Å². The van der Waals surface area contributed by atoms with Gasteiger partial charge in [0, 0.05) is 30.1 Å². The Balaban J connectivity index is 2.01. The number of hydrogen-bond donors (Lipinski definition) is 0. The first-order chi connectivity index (χ1) is 9.33. The van der Waals surface area contributed by atoms with Crippen molar-refractivity contribution in [3.05, 3.63) is 48.5 Å². The maximum absolute atomic E-state index is 13.3. The fourth-order valence-corrected chi connectivity index (χ4v) is 2.47. The van der Waals surface area contributed by atoms with Crippen LogP contribution in [0.5, 0.6) is 0 Å². The molecular formula is C15H12FN3. The summed E-state index contributed by atoms with van der Waals surface area (Å²) in [6.07, 6.45) is 5.87. The zero-order valence-corrected chi connectivity index (χ0v) is 10.3. The fourth-order valence-electron chi connectivity index (χ4n) is 2.47. The first-order valence-electron chi connectivity index (χ1n) is 6.41. The maximum atomic E-state index is 13.3. The van der Waals surface area contributed by atoms with Crippen molar-refractivity contribution in [3.63, 3.8) is 0 Å². The van der Waals surface area contributed by atoms with Crippen molar-refractivity contribution >= 4 is 11.0 Å². The molecule has 0 atom stereocenters. The number of rotatable bonds is 2. The summed E-state index contributed by atoms with van der Waals surface area (Å²) in [5.74, 6) is 0.641. The lowest BCUT2D eigenvalue weighted by molar-refractivity contribution is 0.629. The minimum absolute atomic E-state index is 0.245. The van der Waals surface area contributed by atoms with Gasteiger partial charge in [-0.15, -0.1) is 0 Å². The Bertz CT molecular complexity index is 745. The number of imidazole rings is 1. The van der Waals surface area contributed by atoms with Gasteiger partial charge in [-0.25, -0.2) is 9.37 Å². The van der Waals surface area contributed by atoms with Gasteiger partial charge in [-0.3, -0.25) is 4.98 Å². The third-order valence-electron chi connectivity index (χ3n) is 3.48. The summed E-state index contributed by atoms with van der Waals surface area (Å²) in [5.41, 5.74) is 2.69. The van der Waals surface area contributed by atoms with Gasteiger partial charge < -0.3 is 4.57 Å². The Morgan fingerprint density at radius 3 is 2.84 bits per heavy atom. The highest BCUT2D eigenvalue weighted by Crippen LogP contribution is 2.41. The van der Waals surface area contributed by atoms with Crippen molar-refractivity contribution in [2.45, 2.75) is 18.9 Å². The third-order valence-corrected chi connectivity index (χ3v) is 3.48. The zero-order chi connectivity index (χ0) is 12.8. The summed E-state index contributed by atoms with van der Waals surface area (Å²) < 4.78 is 15.5. The highest BCUT2D eigenvalue weighted by Gasteiger charge is 2.28. The van der Waals surface area contributed by atoms with Crippen LogP contribution in [-0.4, -0.2) is 14.5 Å². The van der Waals surface area contributed by atoms with E-state index in [0.29, 0.717) is 11.6 Å². The molecule has 0 N–H and O–H groups in total. The largest absolute Gasteiger partial charge is 0.321 e. The molecule has 0 saturated heterocycles. The van der Waals surface area contributed by atoms with E-state index in [1.54, 1.807) is 12.4 Å². The average molecular weight is 253 g/mol. The molecule has 0 aliphatic heterocycles. The summed E-state index contributed by atoms with van der Waals surface area (Å²) in [7, 11) is 0. The SMILES string of the molecule is Fc1ccc2c(c1)nc(-c1cccnc1)n2C1CC1. The molecule has 3 nitrogen and oxygen atoms in total. The second-order valence-corrected chi connectivity index (χ2v) is 4.91.